The highest BCUT2D eigenvalue weighted by molar-refractivity contribution is 6.35. The van der Waals surface area contributed by atoms with Crippen LogP contribution in [0, 0.1) is 0 Å². The summed E-state index contributed by atoms with van der Waals surface area (Å²) in [5.74, 6) is 0. The van der Waals surface area contributed by atoms with Crippen molar-refractivity contribution in [2.24, 2.45) is 5.73 Å². The molecule has 4 heteroatoms. The van der Waals surface area contributed by atoms with E-state index in [1.165, 1.54) is 18.5 Å². The number of hydrogen-bond donors (Lipinski definition) is 1. The molecule has 2 N–H and O–H groups in total. The molecule has 3 nitrogen and oxygen atoms in total. The molecule has 0 aliphatic carbocycles. The Hall–Kier alpha value is 0.0969. The normalized spacial score (nSPS) is 12.0. The molecule has 0 aromatic rings. The van der Waals surface area contributed by atoms with Gasteiger partial charge in [-0.15, -0.1) is 0 Å². The molecule has 12 heavy (non-hydrogen) atoms. The molecule has 0 fully saturated rings. The van der Waals surface area contributed by atoms with Gasteiger partial charge >= 0.3 is 0 Å². The van der Waals surface area contributed by atoms with Crippen molar-refractivity contribution in [1.82, 2.24) is 0 Å². The van der Waals surface area contributed by atoms with Crippen LogP contribution in [0.1, 0.15) is 12.8 Å². The Morgan fingerprint density at radius 3 is 2.42 bits per heavy atom. The van der Waals surface area contributed by atoms with E-state index in [1.807, 2.05) is 0 Å². The highest BCUT2D eigenvalue weighted by atomic mass is 28.2. The number of methoxy groups -OCH3 is 2. The first-order valence-corrected chi connectivity index (χ1v) is 6.60. The number of rotatable bonds is 8. The van der Waals surface area contributed by atoms with Gasteiger partial charge in [-0.05, 0) is 19.4 Å². The molecule has 0 unspecified atom stereocenters. The first kappa shape index (κ1) is 12.1. The van der Waals surface area contributed by atoms with Gasteiger partial charge < -0.3 is 15.2 Å². The fourth-order valence-electron chi connectivity index (χ4n) is 1.14. The van der Waals surface area contributed by atoms with Crippen LogP contribution in [0.15, 0.2) is 0 Å². The molecule has 0 atom stereocenters. The average molecular weight is 191 g/mol. The largest absolute Gasteiger partial charge is 0.356 e. The van der Waals surface area contributed by atoms with Gasteiger partial charge in [-0.2, -0.15) is 0 Å². The van der Waals surface area contributed by atoms with E-state index in [4.69, 9.17) is 15.2 Å². The summed E-state index contributed by atoms with van der Waals surface area (Å²) >= 11 is 0. The third-order valence-corrected chi connectivity index (χ3v) is 3.83. The van der Waals surface area contributed by atoms with Crippen molar-refractivity contribution in [3.8, 4) is 0 Å². The maximum Gasteiger partial charge on any atom is 0.156 e. The molecule has 0 aromatic heterocycles. The van der Waals surface area contributed by atoms with Gasteiger partial charge in [0.15, 0.2) is 6.29 Å². The van der Waals surface area contributed by atoms with Gasteiger partial charge in [-0.3, -0.25) is 0 Å². The van der Waals surface area contributed by atoms with E-state index in [0.29, 0.717) is 0 Å². The maximum atomic E-state index is 5.40. The van der Waals surface area contributed by atoms with E-state index in [-0.39, 0.29) is 15.8 Å². The predicted octanol–water partition coefficient (Wildman–Crippen LogP) is 0.350. The molecular formula is C8H21NO2Si. The minimum atomic E-state index is 0.00961. The highest BCUT2D eigenvalue weighted by Gasteiger charge is 2.03. The Kier molecular flexibility index (Phi) is 9.26. The van der Waals surface area contributed by atoms with Crippen LogP contribution >= 0.6 is 0 Å². The molecule has 0 rings (SSSR count). The van der Waals surface area contributed by atoms with Crippen molar-refractivity contribution < 1.29 is 9.47 Å². The van der Waals surface area contributed by atoms with Crippen LogP contribution in [-0.4, -0.2) is 36.6 Å². The summed E-state index contributed by atoms with van der Waals surface area (Å²) in [6.45, 7) is 0.838. The van der Waals surface area contributed by atoms with Gasteiger partial charge in [-0.1, -0.05) is 12.1 Å². The summed E-state index contributed by atoms with van der Waals surface area (Å²) in [4.78, 5) is 0. The lowest BCUT2D eigenvalue weighted by atomic mass is 10.5. The van der Waals surface area contributed by atoms with Crippen molar-refractivity contribution in [2.75, 3.05) is 20.8 Å². The third-order valence-electron chi connectivity index (χ3n) is 1.92. The Bertz CT molecular complexity index is 89.1. The summed E-state index contributed by atoms with van der Waals surface area (Å²) in [7, 11) is 3.48. The summed E-state index contributed by atoms with van der Waals surface area (Å²) in [6.07, 6.45) is 2.25. The quantitative estimate of drug-likeness (QED) is 0.342. The Balaban J connectivity index is 3.06. The van der Waals surface area contributed by atoms with Crippen molar-refractivity contribution >= 4 is 9.52 Å². The minimum absolute atomic E-state index is 0.00961. The van der Waals surface area contributed by atoms with E-state index in [2.05, 4.69) is 0 Å². The van der Waals surface area contributed by atoms with Gasteiger partial charge in [0.05, 0.1) is 0 Å². The summed E-state index contributed by atoms with van der Waals surface area (Å²) in [5.41, 5.74) is 5.40. The van der Waals surface area contributed by atoms with Gasteiger partial charge in [-0.25, -0.2) is 0 Å². The molecule has 0 radical (unpaired) electrons. The lowest BCUT2D eigenvalue weighted by Gasteiger charge is -2.12. The molecule has 0 amide bonds. The smallest absolute Gasteiger partial charge is 0.156 e. The third kappa shape index (κ3) is 6.79. The van der Waals surface area contributed by atoms with Crippen LogP contribution in [0.4, 0.5) is 0 Å². The summed E-state index contributed by atoms with van der Waals surface area (Å²) < 4.78 is 10.2. The molecule has 0 heterocycles. The van der Waals surface area contributed by atoms with E-state index >= 15 is 0 Å². The fraction of sp³-hybridized carbons (Fsp3) is 1.00. The van der Waals surface area contributed by atoms with Crippen LogP contribution in [0.25, 0.3) is 0 Å². The molecule has 0 aromatic carbocycles. The average Bonchev–Trinajstić information content (AvgIpc) is 2.11. The van der Waals surface area contributed by atoms with Crippen molar-refractivity contribution in [2.45, 2.75) is 31.2 Å². The van der Waals surface area contributed by atoms with Crippen LogP contribution in [0.5, 0.6) is 0 Å². The second kappa shape index (κ2) is 9.19. The zero-order valence-corrected chi connectivity index (χ0v) is 9.63. The van der Waals surface area contributed by atoms with E-state index in [9.17, 15) is 0 Å². The van der Waals surface area contributed by atoms with Crippen molar-refractivity contribution in [3.63, 3.8) is 0 Å². The fourth-order valence-corrected chi connectivity index (χ4v) is 2.76. The summed E-state index contributed by atoms with van der Waals surface area (Å²) in [5, 5.41) is 0. The van der Waals surface area contributed by atoms with Crippen LogP contribution < -0.4 is 5.73 Å². The van der Waals surface area contributed by atoms with Crippen molar-refractivity contribution in [1.29, 1.82) is 0 Å². The lowest BCUT2D eigenvalue weighted by Crippen LogP contribution is -2.13. The number of nitrogens with two attached hydrogens (primary N) is 1. The van der Waals surface area contributed by atoms with Crippen LogP contribution in [0.3, 0.4) is 0 Å². The van der Waals surface area contributed by atoms with Gasteiger partial charge in [0.1, 0.15) is 0 Å². The highest BCUT2D eigenvalue weighted by Crippen LogP contribution is 2.03. The Morgan fingerprint density at radius 2 is 1.92 bits per heavy atom. The van der Waals surface area contributed by atoms with E-state index in [0.717, 1.165) is 13.0 Å². The minimum Gasteiger partial charge on any atom is -0.356 e. The van der Waals surface area contributed by atoms with Gasteiger partial charge in [0.25, 0.3) is 0 Å². The van der Waals surface area contributed by atoms with E-state index in [1.54, 1.807) is 14.2 Å². The second-order valence-electron chi connectivity index (χ2n) is 2.89. The van der Waals surface area contributed by atoms with Gasteiger partial charge in [0.2, 0.25) is 0 Å². The topological polar surface area (TPSA) is 44.5 Å². The number of ether oxygens (including phenoxy) is 2. The first-order chi connectivity index (χ1) is 5.85. The second-order valence-corrected chi connectivity index (χ2v) is 5.01. The zero-order valence-electron chi connectivity index (χ0n) is 8.21. The Morgan fingerprint density at radius 1 is 1.25 bits per heavy atom. The van der Waals surface area contributed by atoms with Gasteiger partial charge in [0, 0.05) is 23.7 Å². The van der Waals surface area contributed by atoms with E-state index < -0.39 is 0 Å². The molecular weight excluding hydrogens is 170 g/mol. The first-order valence-electron chi connectivity index (χ1n) is 4.60. The molecule has 0 saturated carbocycles. The molecule has 0 aliphatic rings. The zero-order chi connectivity index (χ0) is 9.23. The summed E-state index contributed by atoms with van der Waals surface area (Å²) in [6, 6.07) is 2.66. The monoisotopic (exact) mass is 191 g/mol. The molecule has 0 spiro atoms. The SMILES string of the molecule is COC(CC[SiH2]CCCN)OC. The molecule has 0 saturated heterocycles. The molecule has 0 aliphatic heterocycles. The Labute approximate surface area is 77.4 Å². The lowest BCUT2D eigenvalue weighted by molar-refractivity contribution is -0.103. The predicted molar refractivity (Wildman–Crippen MR) is 54.3 cm³/mol. The molecule has 74 valence electrons. The maximum absolute atomic E-state index is 5.40. The molecule has 0 bridgehead atoms. The van der Waals surface area contributed by atoms with Crippen LogP contribution in [0.2, 0.25) is 12.1 Å². The van der Waals surface area contributed by atoms with Crippen LogP contribution in [-0.2, 0) is 9.47 Å². The van der Waals surface area contributed by atoms with Crippen molar-refractivity contribution in [3.05, 3.63) is 0 Å². The standard InChI is InChI=1S/C8H21NO2Si/c1-10-8(11-2)4-7-12-6-3-5-9/h8H,3-7,9,12H2,1-2H3. The number of hydrogen-bond acceptors (Lipinski definition) is 3.